The first-order valence-electron chi connectivity index (χ1n) is 12.6. The molecule has 0 radical (unpaired) electrons. The van der Waals surface area contributed by atoms with Crippen molar-refractivity contribution in [3.8, 4) is 0 Å². The lowest BCUT2D eigenvalue weighted by molar-refractivity contribution is -0.128. The maximum Gasteiger partial charge on any atom is 0.410 e. The third-order valence-electron chi connectivity index (χ3n) is 7.00. The molecule has 1 aromatic rings. The summed E-state index contributed by atoms with van der Waals surface area (Å²) in [5, 5.41) is 12.2. The first-order chi connectivity index (χ1) is 16.2. The molecule has 0 aliphatic carbocycles. The van der Waals surface area contributed by atoms with Crippen LogP contribution in [0, 0.1) is 5.92 Å². The van der Waals surface area contributed by atoms with Crippen LogP contribution in [0.1, 0.15) is 58.1 Å². The molecule has 2 atom stereocenters. The number of hydrogen-bond acceptors (Lipinski definition) is 7. The molecule has 4 rings (SSSR count). The molecular formula is C25H39N5O4. The van der Waals surface area contributed by atoms with E-state index in [0.717, 1.165) is 70.0 Å². The van der Waals surface area contributed by atoms with Gasteiger partial charge >= 0.3 is 6.09 Å². The summed E-state index contributed by atoms with van der Waals surface area (Å²) in [5.41, 5.74) is 1.41. The highest BCUT2D eigenvalue weighted by molar-refractivity contribution is 5.84. The molecule has 188 valence electrons. The van der Waals surface area contributed by atoms with Crippen molar-refractivity contribution in [2.45, 2.75) is 64.2 Å². The van der Waals surface area contributed by atoms with E-state index in [1.54, 1.807) is 0 Å². The third-order valence-corrected chi connectivity index (χ3v) is 7.00. The summed E-state index contributed by atoms with van der Waals surface area (Å²) in [4.78, 5) is 35.7. The van der Waals surface area contributed by atoms with Gasteiger partial charge in [-0.3, -0.25) is 14.7 Å². The average molecular weight is 474 g/mol. The number of nitrogens with one attached hydrogen (secondary N) is 1. The topological polar surface area (TPSA) is 98.2 Å². The number of anilines is 1. The minimum atomic E-state index is -0.739. The van der Waals surface area contributed by atoms with Crippen LogP contribution in [0.15, 0.2) is 18.3 Å². The number of nitrogens with zero attached hydrogens (tertiary/aromatic N) is 4. The summed E-state index contributed by atoms with van der Waals surface area (Å²) in [7, 11) is 0. The number of piperazine rings is 1. The molecule has 2 amide bonds. The Bertz CT molecular complexity index is 840. The molecular weight excluding hydrogens is 434 g/mol. The molecule has 0 aromatic carbocycles. The Morgan fingerprint density at radius 3 is 2.38 bits per heavy atom. The lowest BCUT2D eigenvalue weighted by Crippen LogP contribution is -2.49. The van der Waals surface area contributed by atoms with Gasteiger partial charge in [-0.1, -0.05) is 0 Å². The summed E-state index contributed by atoms with van der Waals surface area (Å²) in [6.07, 6.45) is 4.16. The fraction of sp³-hybridized carbons (Fsp3) is 0.720. The molecule has 0 saturated carbocycles. The van der Waals surface area contributed by atoms with Crippen molar-refractivity contribution >= 4 is 17.7 Å². The van der Waals surface area contributed by atoms with Gasteiger partial charge in [0.2, 0.25) is 5.91 Å². The van der Waals surface area contributed by atoms with E-state index >= 15 is 0 Å². The first-order valence-corrected chi connectivity index (χ1v) is 12.6. The fourth-order valence-corrected chi connectivity index (χ4v) is 5.04. The molecule has 0 bridgehead atoms. The number of amides is 2. The minimum Gasteiger partial charge on any atom is -0.444 e. The van der Waals surface area contributed by atoms with Gasteiger partial charge in [0.1, 0.15) is 11.8 Å². The molecule has 2 unspecified atom stereocenters. The number of aliphatic hydroxyl groups excluding tert-OH is 1. The van der Waals surface area contributed by atoms with E-state index in [9.17, 15) is 14.7 Å². The molecule has 2 N–H and O–H groups in total. The summed E-state index contributed by atoms with van der Waals surface area (Å²) in [5.74, 6) is 0.187. The van der Waals surface area contributed by atoms with Gasteiger partial charge in [-0.25, -0.2) is 4.79 Å². The number of aliphatic hydroxyl groups is 1. The number of likely N-dealkylation sites (tertiary alicyclic amines) is 1. The van der Waals surface area contributed by atoms with Crippen LogP contribution >= 0.6 is 0 Å². The van der Waals surface area contributed by atoms with E-state index in [2.05, 4.69) is 26.2 Å². The van der Waals surface area contributed by atoms with E-state index in [0.29, 0.717) is 18.8 Å². The Kier molecular flexibility index (Phi) is 7.62. The van der Waals surface area contributed by atoms with E-state index in [1.165, 1.54) is 0 Å². The number of hydrogen-bond donors (Lipinski definition) is 2. The van der Waals surface area contributed by atoms with Gasteiger partial charge in [0, 0.05) is 45.8 Å². The van der Waals surface area contributed by atoms with Crippen LogP contribution in [0.4, 0.5) is 10.5 Å². The second-order valence-electron chi connectivity index (χ2n) is 10.8. The SMILES string of the molecule is CC(C)(C)OC(=O)N1CCC(CN2CCN(c3ccc(C4CCC(O)NC4=O)nc3)CC2)CC1. The first kappa shape index (κ1) is 24.7. The van der Waals surface area contributed by atoms with E-state index in [-0.39, 0.29) is 17.9 Å². The number of carbonyl (C=O) groups is 2. The van der Waals surface area contributed by atoms with Crippen LogP contribution in [0.5, 0.6) is 0 Å². The molecule has 3 saturated heterocycles. The Morgan fingerprint density at radius 1 is 1.09 bits per heavy atom. The lowest BCUT2D eigenvalue weighted by atomic mass is 9.94. The predicted molar refractivity (Wildman–Crippen MR) is 130 cm³/mol. The smallest absolute Gasteiger partial charge is 0.410 e. The molecule has 0 spiro atoms. The molecule has 1 aromatic heterocycles. The number of pyridine rings is 1. The maximum atomic E-state index is 12.3. The van der Waals surface area contributed by atoms with Crippen molar-refractivity contribution in [2.75, 3.05) is 50.7 Å². The number of ether oxygens (including phenoxy) is 1. The van der Waals surface area contributed by atoms with Crippen LogP contribution in [0.3, 0.4) is 0 Å². The van der Waals surface area contributed by atoms with E-state index < -0.39 is 11.8 Å². The quantitative estimate of drug-likeness (QED) is 0.692. The van der Waals surface area contributed by atoms with Gasteiger partial charge in [0.25, 0.3) is 0 Å². The highest BCUT2D eigenvalue weighted by atomic mass is 16.6. The van der Waals surface area contributed by atoms with Gasteiger partial charge in [0.05, 0.1) is 23.5 Å². The van der Waals surface area contributed by atoms with Crippen LogP contribution in [-0.2, 0) is 9.53 Å². The Morgan fingerprint density at radius 2 is 1.79 bits per heavy atom. The fourth-order valence-electron chi connectivity index (χ4n) is 5.04. The Balaban J connectivity index is 1.20. The molecule has 3 fully saturated rings. The highest BCUT2D eigenvalue weighted by Crippen LogP contribution is 2.27. The van der Waals surface area contributed by atoms with Crippen molar-refractivity contribution < 1.29 is 19.4 Å². The molecule has 3 aliphatic heterocycles. The second-order valence-corrected chi connectivity index (χ2v) is 10.8. The van der Waals surface area contributed by atoms with Crippen LogP contribution in [0.25, 0.3) is 0 Å². The molecule has 4 heterocycles. The normalized spacial score (nSPS) is 25.2. The highest BCUT2D eigenvalue weighted by Gasteiger charge is 2.30. The van der Waals surface area contributed by atoms with Gasteiger partial charge in [0.15, 0.2) is 0 Å². The molecule has 9 nitrogen and oxygen atoms in total. The van der Waals surface area contributed by atoms with Crippen LogP contribution in [-0.4, -0.2) is 89.5 Å². The molecule has 34 heavy (non-hydrogen) atoms. The maximum absolute atomic E-state index is 12.3. The molecule has 9 heteroatoms. The standard InChI is InChI=1S/C25H39N5O4/c1-25(2,3)34-24(33)30-10-8-18(9-11-30)17-28-12-14-29(15-13-28)19-4-6-21(26-16-19)20-5-7-22(31)27-23(20)32/h4,6,16,18,20,22,31H,5,7-15,17H2,1-3H3,(H,27,32). The summed E-state index contributed by atoms with van der Waals surface area (Å²) >= 11 is 0. The van der Waals surface area contributed by atoms with Crippen molar-refractivity contribution in [2.24, 2.45) is 5.92 Å². The van der Waals surface area contributed by atoms with E-state index in [1.807, 2.05) is 37.9 Å². The number of aromatic nitrogens is 1. The van der Waals surface area contributed by atoms with E-state index in [4.69, 9.17) is 4.74 Å². The summed E-state index contributed by atoms with van der Waals surface area (Å²) in [6.45, 7) is 12.3. The zero-order valence-electron chi connectivity index (χ0n) is 20.7. The van der Waals surface area contributed by atoms with Gasteiger partial charge in [-0.2, -0.15) is 0 Å². The van der Waals surface area contributed by atoms with Gasteiger partial charge < -0.3 is 25.0 Å². The molecule has 3 aliphatic rings. The average Bonchev–Trinajstić information content (AvgIpc) is 2.79. The van der Waals surface area contributed by atoms with Crippen molar-refractivity contribution in [3.05, 3.63) is 24.0 Å². The monoisotopic (exact) mass is 473 g/mol. The minimum absolute atomic E-state index is 0.149. The van der Waals surface area contributed by atoms with Gasteiger partial charge in [-0.05, 0) is 64.5 Å². The van der Waals surface area contributed by atoms with Crippen molar-refractivity contribution in [1.82, 2.24) is 20.1 Å². The number of rotatable bonds is 4. The second kappa shape index (κ2) is 10.5. The van der Waals surface area contributed by atoms with Crippen molar-refractivity contribution in [3.63, 3.8) is 0 Å². The largest absolute Gasteiger partial charge is 0.444 e. The Hall–Kier alpha value is -2.39. The zero-order valence-corrected chi connectivity index (χ0v) is 20.7. The lowest BCUT2D eigenvalue weighted by Gasteiger charge is -2.39. The van der Waals surface area contributed by atoms with Gasteiger partial charge in [-0.15, -0.1) is 0 Å². The van der Waals surface area contributed by atoms with Crippen molar-refractivity contribution in [1.29, 1.82) is 0 Å². The number of carbonyl (C=O) groups excluding carboxylic acids is 2. The third kappa shape index (κ3) is 6.39. The summed E-state index contributed by atoms with van der Waals surface area (Å²) < 4.78 is 5.50. The van der Waals surface area contributed by atoms with Crippen LogP contribution < -0.4 is 10.2 Å². The zero-order chi connectivity index (χ0) is 24.3. The number of piperidine rings is 2. The summed E-state index contributed by atoms with van der Waals surface area (Å²) in [6, 6.07) is 4.00. The van der Waals surface area contributed by atoms with Crippen LogP contribution in [0.2, 0.25) is 0 Å². The Labute approximate surface area is 202 Å². The predicted octanol–water partition coefficient (Wildman–Crippen LogP) is 2.16.